The van der Waals surface area contributed by atoms with Gasteiger partial charge in [-0.25, -0.2) is 4.39 Å². The van der Waals surface area contributed by atoms with E-state index >= 15 is 0 Å². The summed E-state index contributed by atoms with van der Waals surface area (Å²) in [4.78, 5) is 2.29. The van der Waals surface area contributed by atoms with Gasteiger partial charge < -0.3 is 10.6 Å². The average molecular weight is 238 g/mol. The van der Waals surface area contributed by atoms with Crippen LogP contribution >= 0.6 is 0 Å². The first-order chi connectivity index (χ1) is 8.08. The number of rotatable bonds is 6. The Kier molecular flexibility index (Phi) is 5.42. The minimum atomic E-state index is -0.183. The van der Waals surface area contributed by atoms with Gasteiger partial charge in [-0.1, -0.05) is 13.8 Å². The highest BCUT2D eigenvalue weighted by atomic mass is 19.1. The Bertz CT molecular complexity index is 350. The standard InChI is InChI=1S/C14H23FN2/c1-4-17(10-11(2)3)14-6-5-13(15)9-12(14)7-8-16/h5-6,9,11H,4,7-8,10,16H2,1-3H3. The molecule has 0 fully saturated rings. The van der Waals surface area contributed by atoms with Gasteiger partial charge >= 0.3 is 0 Å². The fourth-order valence-corrected chi connectivity index (χ4v) is 2.06. The summed E-state index contributed by atoms with van der Waals surface area (Å²) in [6.45, 7) is 8.97. The molecule has 0 atom stereocenters. The molecule has 0 aliphatic carbocycles. The first-order valence-electron chi connectivity index (χ1n) is 6.31. The van der Waals surface area contributed by atoms with E-state index in [1.807, 2.05) is 6.07 Å². The summed E-state index contributed by atoms with van der Waals surface area (Å²) in [5.41, 5.74) is 7.71. The molecule has 2 nitrogen and oxygen atoms in total. The van der Waals surface area contributed by atoms with Gasteiger partial charge in [-0.15, -0.1) is 0 Å². The van der Waals surface area contributed by atoms with Gasteiger partial charge in [0.1, 0.15) is 5.82 Å². The third kappa shape index (κ3) is 4.00. The first kappa shape index (κ1) is 14.0. The lowest BCUT2D eigenvalue weighted by Gasteiger charge is -2.27. The van der Waals surface area contributed by atoms with Crippen LogP contribution < -0.4 is 10.6 Å². The summed E-state index contributed by atoms with van der Waals surface area (Å²) in [6, 6.07) is 5.00. The summed E-state index contributed by atoms with van der Waals surface area (Å²) in [5.74, 6) is 0.406. The molecule has 1 aromatic rings. The van der Waals surface area contributed by atoms with Gasteiger partial charge in [-0.3, -0.25) is 0 Å². The number of benzene rings is 1. The summed E-state index contributed by atoms with van der Waals surface area (Å²) < 4.78 is 13.2. The van der Waals surface area contributed by atoms with Gasteiger partial charge in [-0.2, -0.15) is 0 Å². The number of anilines is 1. The van der Waals surface area contributed by atoms with Crippen molar-refractivity contribution in [2.45, 2.75) is 27.2 Å². The fraction of sp³-hybridized carbons (Fsp3) is 0.571. The lowest BCUT2D eigenvalue weighted by Crippen LogP contribution is -2.28. The molecule has 0 aliphatic rings. The Morgan fingerprint density at radius 3 is 2.59 bits per heavy atom. The van der Waals surface area contributed by atoms with Crippen LogP contribution in [0.1, 0.15) is 26.3 Å². The minimum absolute atomic E-state index is 0.183. The Morgan fingerprint density at radius 2 is 2.06 bits per heavy atom. The average Bonchev–Trinajstić information content (AvgIpc) is 2.27. The van der Waals surface area contributed by atoms with Crippen LogP contribution in [0.5, 0.6) is 0 Å². The summed E-state index contributed by atoms with van der Waals surface area (Å²) in [5, 5.41) is 0. The molecule has 3 heteroatoms. The molecule has 17 heavy (non-hydrogen) atoms. The van der Waals surface area contributed by atoms with Crippen molar-refractivity contribution in [2.75, 3.05) is 24.5 Å². The van der Waals surface area contributed by atoms with E-state index < -0.39 is 0 Å². The Balaban J connectivity index is 3.00. The second kappa shape index (κ2) is 6.60. The smallest absolute Gasteiger partial charge is 0.123 e. The monoisotopic (exact) mass is 238 g/mol. The van der Waals surface area contributed by atoms with Crippen molar-refractivity contribution in [1.82, 2.24) is 0 Å². The molecule has 0 spiro atoms. The highest BCUT2D eigenvalue weighted by Crippen LogP contribution is 2.23. The van der Waals surface area contributed by atoms with Crippen molar-refractivity contribution in [1.29, 1.82) is 0 Å². The van der Waals surface area contributed by atoms with Gasteiger partial charge in [0.15, 0.2) is 0 Å². The van der Waals surface area contributed by atoms with Crippen molar-refractivity contribution >= 4 is 5.69 Å². The van der Waals surface area contributed by atoms with Crippen LogP contribution in [-0.2, 0) is 6.42 Å². The predicted octanol–water partition coefficient (Wildman–Crippen LogP) is 2.81. The van der Waals surface area contributed by atoms with Crippen LogP contribution in [0.25, 0.3) is 0 Å². The van der Waals surface area contributed by atoms with Gasteiger partial charge in [0.05, 0.1) is 0 Å². The van der Waals surface area contributed by atoms with E-state index in [2.05, 4.69) is 25.7 Å². The van der Waals surface area contributed by atoms with Crippen molar-refractivity contribution in [2.24, 2.45) is 11.7 Å². The van der Waals surface area contributed by atoms with E-state index in [1.165, 1.54) is 6.07 Å². The lowest BCUT2D eigenvalue weighted by molar-refractivity contribution is 0.610. The number of hydrogen-bond donors (Lipinski definition) is 1. The largest absolute Gasteiger partial charge is 0.371 e. The Labute approximate surface area is 104 Å². The third-order valence-electron chi connectivity index (χ3n) is 2.76. The topological polar surface area (TPSA) is 29.3 Å². The van der Waals surface area contributed by atoms with E-state index in [9.17, 15) is 4.39 Å². The second-order valence-corrected chi connectivity index (χ2v) is 4.74. The minimum Gasteiger partial charge on any atom is -0.371 e. The van der Waals surface area contributed by atoms with Crippen LogP contribution in [0.4, 0.5) is 10.1 Å². The molecule has 0 heterocycles. The summed E-state index contributed by atoms with van der Waals surface area (Å²) in [7, 11) is 0. The highest BCUT2D eigenvalue weighted by molar-refractivity contribution is 5.54. The lowest BCUT2D eigenvalue weighted by atomic mass is 10.1. The highest BCUT2D eigenvalue weighted by Gasteiger charge is 2.11. The zero-order chi connectivity index (χ0) is 12.8. The van der Waals surface area contributed by atoms with Crippen molar-refractivity contribution in [3.8, 4) is 0 Å². The normalized spacial score (nSPS) is 10.9. The van der Waals surface area contributed by atoms with E-state index in [1.54, 1.807) is 6.07 Å². The van der Waals surface area contributed by atoms with E-state index in [4.69, 9.17) is 5.73 Å². The zero-order valence-electron chi connectivity index (χ0n) is 11.0. The molecule has 0 radical (unpaired) electrons. The van der Waals surface area contributed by atoms with Crippen molar-refractivity contribution in [3.63, 3.8) is 0 Å². The van der Waals surface area contributed by atoms with E-state index in [0.29, 0.717) is 12.5 Å². The molecule has 96 valence electrons. The van der Waals surface area contributed by atoms with Crippen LogP contribution in [0, 0.1) is 11.7 Å². The molecule has 0 aliphatic heterocycles. The van der Waals surface area contributed by atoms with Crippen LogP contribution in [0.3, 0.4) is 0 Å². The van der Waals surface area contributed by atoms with Crippen LogP contribution in [0.15, 0.2) is 18.2 Å². The fourth-order valence-electron chi connectivity index (χ4n) is 2.06. The molecule has 0 aromatic heterocycles. The van der Waals surface area contributed by atoms with Gasteiger partial charge in [0.25, 0.3) is 0 Å². The zero-order valence-corrected chi connectivity index (χ0v) is 11.0. The predicted molar refractivity (Wildman–Crippen MR) is 71.9 cm³/mol. The summed E-state index contributed by atoms with van der Waals surface area (Å²) in [6.07, 6.45) is 0.724. The number of nitrogens with zero attached hydrogens (tertiary/aromatic N) is 1. The quantitative estimate of drug-likeness (QED) is 0.825. The van der Waals surface area contributed by atoms with Crippen molar-refractivity contribution < 1.29 is 4.39 Å². The van der Waals surface area contributed by atoms with E-state index in [-0.39, 0.29) is 5.82 Å². The van der Waals surface area contributed by atoms with Crippen LogP contribution in [-0.4, -0.2) is 19.6 Å². The molecule has 1 aromatic carbocycles. The second-order valence-electron chi connectivity index (χ2n) is 4.74. The van der Waals surface area contributed by atoms with Crippen LogP contribution in [0.2, 0.25) is 0 Å². The molecule has 0 bridgehead atoms. The Hall–Kier alpha value is -1.09. The SMILES string of the molecule is CCN(CC(C)C)c1ccc(F)cc1CCN. The molecule has 0 saturated heterocycles. The molecular weight excluding hydrogens is 215 g/mol. The molecule has 0 saturated carbocycles. The number of nitrogens with two attached hydrogens (primary N) is 1. The van der Waals surface area contributed by atoms with E-state index in [0.717, 1.165) is 30.8 Å². The van der Waals surface area contributed by atoms with Gasteiger partial charge in [-0.05, 0) is 49.6 Å². The molecule has 2 N–H and O–H groups in total. The summed E-state index contributed by atoms with van der Waals surface area (Å²) >= 11 is 0. The third-order valence-corrected chi connectivity index (χ3v) is 2.76. The first-order valence-corrected chi connectivity index (χ1v) is 6.31. The Morgan fingerprint density at radius 1 is 1.35 bits per heavy atom. The molecule has 0 amide bonds. The number of halogens is 1. The van der Waals surface area contributed by atoms with Crippen molar-refractivity contribution in [3.05, 3.63) is 29.6 Å². The molecule has 1 rings (SSSR count). The van der Waals surface area contributed by atoms with Gasteiger partial charge in [0, 0.05) is 18.8 Å². The maximum absolute atomic E-state index is 13.2. The molecular formula is C14H23FN2. The number of hydrogen-bond acceptors (Lipinski definition) is 2. The van der Waals surface area contributed by atoms with Gasteiger partial charge in [0.2, 0.25) is 0 Å². The molecule has 0 unspecified atom stereocenters. The maximum atomic E-state index is 13.2. The maximum Gasteiger partial charge on any atom is 0.123 e.